The first kappa shape index (κ1) is 12.0. The summed E-state index contributed by atoms with van der Waals surface area (Å²) >= 11 is 0. The normalized spacial score (nSPS) is 17.5. The second-order valence-electron chi connectivity index (χ2n) is 4.46. The van der Waals surface area contributed by atoms with E-state index < -0.39 is 5.97 Å². The Labute approximate surface area is 99.5 Å². The van der Waals surface area contributed by atoms with Crippen molar-refractivity contribution < 1.29 is 15.0 Å². The zero-order valence-electron chi connectivity index (χ0n) is 9.52. The fourth-order valence-corrected chi connectivity index (χ4v) is 1.97. The third kappa shape index (κ3) is 2.62. The largest absolute Gasteiger partial charge is 0.477 e. The van der Waals surface area contributed by atoms with Gasteiger partial charge in [-0.3, -0.25) is 0 Å². The zero-order chi connectivity index (χ0) is 12.3. The second kappa shape index (κ2) is 4.81. The monoisotopic (exact) mass is 236 g/mol. The van der Waals surface area contributed by atoms with Crippen molar-refractivity contribution in [1.82, 2.24) is 10.3 Å². The molecule has 0 aliphatic heterocycles. The Morgan fingerprint density at radius 3 is 2.76 bits per heavy atom. The van der Waals surface area contributed by atoms with Crippen LogP contribution in [0.25, 0.3) is 0 Å². The molecule has 3 N–H and O–H groups in total. The molecule has 0 amide bonds. The zero-order valence-corrected chi connectivity index (χ0v) is 9.52. The Hall–Kier alpha value is -1.46. The summed E-state index contributed by atoms with van der Waals surface area (Å²) in [5.41, 5.74) is 0.557. The van der Waals surface area contributed by atoms with E-state index >= 15 is 0 Å². The summed E-state index contributed by atoms with van der Waals surface area (Å²) in [6.45, 7) is 0.604. The number of carboxylic acid groups (broad SMARTS) is 1. The fraction of sp³-hybridized carbons (Fsp3) is 0.500. The first-order valence-corrected chi connectivity index (χ1v) is 5.70. The molecule has 1 saturated carbocycles. The van der Waals surface area contributed by atoms with Gasteiger partial charge in [-0.2, -0.15) is 0 Å². The van der Waals surface area contributed by atoms with E-state index in [1.165, 1.54) is 6.07 Å². The molecule has 1 aromatic heterocycles. The van der Waals surface area contributed by atoms with Gasteiger partial charge in [-0.05, 0) is 31.4 Å². The number of nitrogens with one attached hydrogen (secondary N) is 1. The van der Waals surface area contributed by atoms with E-state index in [2.05, 4.69) is 10.3 Å². The molecule has 2 rings (SSSR count). The molecule has 5 heteroatoms. The van der Waals surface area contributed by atoms with Gasteiger partial charge >= 0.3 is 5.97 Å². The van der Waals surface area contributed by atoms with Crippen molar-refractivity contribution in [2.45, 2.75) is 31.3 Å². The Kier molecular flexibility index (Phi) is 3.40. The summed E-state index contributed by atoms with van der Waals surface area (Å²) in [7, 11) is 0. The number of hydrogen-bond acceptors (Lipinski definition) is 4. The van der Waals surface area contributed by atoms with Crippen LogP contribution in [0.2, 0.25) is 0 Å². The molecule has 1 fully saturated rings. The molecule has 0 aromatic carbocycles. The number of pyridine rings is 1. The van der Waals surface area contributed by atoms with Gasteiger partial charge < -0.3 is 15.5 Å². The van der Waals surface area contributed by atoms with Crippen molar-refractivity contribution in [1.29, 1.82) is 0 Å². The maximum absolute atomic E-state index is 10.8. The maximum Gasteiger partial charge on any atom is 0.354 e. The highest BCUT2D eigenvalue weighted by Gasteiger charge is 2.35. The number of nitrogens with zero attached hydrogens (tertiary/aromatic N) is 1. The molecular formula is C12H16N2O3. The van der Waals surface area contributed by atoms with E-state index in [1.807, 2.05) is 0 Å². The number of aliphatic hydroxyl groups excluding tert-OH is 1. The lowest BCUT2D eigenvalue weighted by Crippen LogP contribution is -2.53. The molecule has 1 aliphatic carbocycles. The third-order valence-corrected chi connectivity index (χ3v) is 3.28. The summed E-state index contributed by atoms with van der Waals surface area (Å²) < 4.78 is 0. The van der Waals surface area contributed by atoms with Gasteiger partial charge in [0.1, 0.15) is 5.69 Å². The van der Waals surface area contributed by atoms with Gasteiger partial charge in [0.25, 0.3) is 0 Å². The molecule has 1 aromatic rings. The lowest BCUT2D eigenvalue weighted by Gasteiger charge is -2.41. The van der Waals surface area contributed by atoms with Crippen LogP contribution in [0.4, 0.5) is 0 Å². The third-order valence-electron chi connectivity index (χ3n) is 3.28. The standard InChI is InChI=1S/C12H16N2O3/c15-8-12(5-2-6-12)13-7-9-3-1-4-10(14-9)11(16)17/h1,3-4,13,15H,2,5-8H2,(H,16,17). The van der Waals surface area contributed by atoms with Crippen molar-refractivity contribution in [2.24, 2.45) is 0 Å². The lowest BCUT2D eigenvalue weighted by atomic mass is 9.77. The molecular weight excluding hydrogens is 220 g/mol. The number of hydrogen-bond donors (Lipinski definition) is 3. The van der Waals surface area contributed by atoms with Crippen molar-refractivity contribution in [3.63, 3.8) is 0 Å². The first-order chi connectivity index (χ1) is 8.15. The molecule has 5 nitrogen and oxygen atoms in total. The summed E-state index contributed by atoms with van der Waals surface area (Å²) in [6, 6.07) is 4.93. The summed E-state index contributed by atoms with van der Waals surface area (Å²) in [4.78, 5) is 14.8. The van der Waals surface area contributed by atoms with Gasteiger partial charge in [0.2, 0.25) is 0 Å². The predicted molar refractivity (Wildman–Crippen MR) is 61.7 cm³/mol. The molecule has 0 bridgehead atoms. The average molecular weight is 236 g/mol. The van der Waals surface area contributed by atoms with Crippen molar-refractivity contribution >= 4 is 5.97 Å². The minimum Gasteiger partial charge on any atom is -0.477 e. The first-order valence-electron chi connectivity index (χ1n) is 5.70. The summed E-state index contributed by atoms with van der Waals surface area (Å²) in [5.74, 6) is -1.02. The fourth-order valence-electron chi connectivity index (χ4n) is 1.97. The van der Waals surface area contributed by atoms with Gasteiger partial charge in [-0.15, -0.1) is 0 Å². The van der Waals surface area contributed by atoms with Crippen LogP contribution in [0, 0.1) is 0 Å². The molecule has 1 heterocycles. The minimum absolute atomic E-state index is 0.0518. The number of carbonyl (C=O) groups is 1. The number of aliphatic hydroxyl groups is 1. The van der Waals surface area contributed by atoms with E-state index in [9.17, 15) is 9.90 Å². The number of carboxylic acids is 1. The minimum atomic E-state index is -1.02. The highest BCUT2D eigenvalue weighted by atomic mass is 16.4. The molecule has 0 saturated heterocycles. The highest BCUT2D eigenvalue weighted by Crippen LogP contribution is 2.31. The van der Waals surface area contributed by atoms with Crippen LogP contribution < -0.4 is 5.32 Å². The van der Waals surface area contributed by atoms with Gasteiger partial charge in [0.05, 0.1) is 12.3 Å². The van der Waals surface area contributed by atoms with E-state index in [4.69, 9.17) is 5.11 Å². The average Bonchev–Trinajstić information content (AvgIpc) is 2.28. The number of aromatic nitrogens is 1. The molecule has 17 heavy (non-hydrogen) atoms. The second-order valence-corrected chi connectivity index (χ2v) is 4.46. The van der Waals surface area contributed by atoms with Crippen molar-refractivity contribution in [2.75, 3.05) is 6.61 Å². The summed E-state index contributed by atoms with van der Waals surface area (Å²) in [5, 5.41) is 21.4. The predicted octanol–water partition coefficient (Wildman–Crippen LogP) is 0.784. The van der Waals surface area contributed by atoms with Crippen LogP contribution in [-0.4, -0.2) is 33.3 Å². The van der Waals surface area contributed by atoms with E-state index in [1.54, 1.807) is 12.1 Å². The molecule has 0 unspecified atom stereocenters. The molecule has 0 spiro atoms. The van der Waals surface area contributed by atoms with Crippen LogP contribution in [0.5, 0.6) is 0 Å². The van der Waals surface area contributed by atoms with Crippen LogP contribution in [0.3, 0.4) is 0 Å². The smallest absolute Gasteiger partial charge is 0.354 e. The van der Waals surface area contributed by atoms with Crippen LogP contribution in [0.1, 0.15) is 35.4 Å². The quantitative estimate of drug-likeness (QED) is 0.704. The molecule has 0 radical (unpaired) electrons. The molecule has 1 aliphatic rings. The van der Waals surface area contributed by atoms with Crippen molar-refractivity contribution in [3.05, 3.63) is 29.6 Å². The molecule has 92 valence electrons. The lowest BCUT2D eigenvalue weighted by molar-refractivity contribution is 0.0689. The van der Waals surface area contributed by atoms with E-state index in [0.717, 1.165) is 19.3 Å². The highest BCUT2D eigenvalue weighted by molar-refractivity contribution is 5.85. The number of aromatic carboxylic acids is 1. The Bertz CT molecular complexity index is 410. The number of rotatable bonds is 5. The summed E-state index contributed by atoms with van der Waals surface area (Å²) in [6.07, 6.45) is 3.04. The Balaban J connectivity index is 1.99. The topological polar surface area (TPSA) is 82.5 Å². The van der Waals surface area contributed by atoms with Crippen molar-refractivity contribution in [3.8, 4) is 0 Å². The van der Waals surface area contributed by atoms with Crippen LogP contribution in [-0.2, 0) is 6.54 Å². The Morgan fingerprint density at radius 1 is 1.47 bits per heavy atom. The van der Waals surface area contributed by atoms with Gasteiger partial charge in [-0.25, -0.2) is 9.78 Å². The van der Waals surface area contributed by atoms with E-state index in [0.29, 0.717) is 12.2 Å². The van der Waals surface area contributed by atoms with Gasteiger partial charge in [0.15, 0.2) is 0 Å². The molecule has 0 atom stereocenters. The van der Waals surface area contributed by atoms with Gasteiger partial charge in [0, 0.05) is 12.1 Å². The van der Waals surface area contributed by atoms with Gasteiger partial charge in [-0.1, -0.05) is 6.07 Å². The van der Waals surface area contributed by atoms with E-state index in [-0.39, 0.29) is 17.8 Å². The Morgan fingerprint density at radius 2 is 2.24 bits per heavy atom. The SMILES string of the molecule is O=C(O)c1cccc(CNC2(CO)CCC2)n1. The maximum atomic E-state index is 10.8. The van der Waals surface area contributed by atoms with Crippen LogP contribution >= 0.6 is 0 Å². The van der Waals surface area contributed by atoms with Crippen LogP contribution in [0.15, 0.2) is 18.2 Å².